The molecular formula is C9H7N5OS. The Morgan fingerprint density at radius 1 is 1.56 bits per heavy atom. The van der Waals surface area contributed by atoms with E-state index < -0.39 is 0 Å². The first-order valence-electron chi connectivity index (χ1n) is 4.36. The molecule has 0 bridgehead atoms. The quantitative estimate of drug-likeness (QED) is 0.817. The number of pyridine rings is 1. The Kier molecular flexibility index (Phi) is 2.74. The van der Waals surface area contributed by atoms with Gasteiger partial charge in [-0.15, -0.1) is 5.10 Å². The second kappa shape index (κ2) is 4.20. The van der Waals surface area contributed by atoms with Crippen LogP contribution < -0.4 is 5.69 Å². The molecule has 6 nitrogen and oxygen atoms in total. The van der Waals surface area contributed by atoms with E-state index in [2.05, 4.69) is 15.2 Å². The lowest BCUT2D eigenvalue weighted by Crippen LogP contribution is -2.12. The van der Waals surface area contributed by atoms with Crippen molar-refractivity contribution in [3.63, 3.8) is 0 Å². The fourth-order valence-corrected chi connectivity index (χ4v) is 1.80. The zero-order valence-corrected chi connectivity index (χ0v) is 9.15. The van der Waals surface area contributed by atoms with Crippen LogP contribution in [0.15, 0.2) is 33.2 Å². The van der Waals surface area contributed by atoms with Crippen molar-refractivity contribution >= 4 is 11.8 Å². The second-order valence-electron chi connectivity index (χ2n) is 2.96. The minimum absolute atomic E-state index is 0.260. The van der Waals surface area contributed by atoms with E-state index in [1.807, 2.05) is 6.07 Å². The van der Waals surface area contributed by atoms with E-state index in [1.54, 1.807) is 25.4 Å². The average Bonchev–Trinajstić information content (AvgIpc) is 2.62. The molecule has 2 aromatic heterocycles. The van der Waals surface area contributed by atoms with E-state index in [4.69, 9.17) is 5.26 Å². The molecule has 0 amide bonds. The van der Waals surface area contributed by atoms with Crippen LogP contribution in [0.5, 0.6) is 0 Å². The number of nitrogens with one attached hydrogen (secondary N) is 1. The van der Waals surface area contributed by atoms with Crippen molar-refractivity contribution in [2.24, 2.45) is 7.05 Å². The first-order valence-corrected chi connectivity index (χ1v) is 5.18. The van der Waals surface area contributed by atoms with Crippen LogP contribution >= 0.6 is 11.8 Å². The zero-order valence-electron chi connectivity index (χ0n) is 8.34. The maximum absolute atomic E-state index is 11.1. The zero-order chi connectivity index (χ0) is 11.5. The number of aromatic amines is 1. The summed E-state index contributed by atoms with van der Waals surface area (Å²) in [5.74, 6) is 0. The molecule has 1 N–H and O–H groups in total. The molecule has 7 heteroatoms. The molecule has 0 unspecified atom stereocenters. The summed E-state index contributed by atoms with van der Waals surface area (Å²) in [5, 5.41) is 15.3. The van der Waals surface area contributed by atoms with Gasteiger partial charge in [-0.05, 0) is 23.9 Å². The minimum Gasteiger partial charge on any atom is -0.273 e. The molecule has 0 spiro atoms. The Hall–Kier alpha value is -2.07. The summed E-state index contributed by atoms with van der Waals surface area (Å²) in [6.45, 7) is 0. The topological polar surface area (TPSA) is 87.4 Å². The van der Waals surface area contributed by atoms with Crippen molar-refractivity contribution in [3.05, 3.63) is 34.5 Å². The minimum atomic E-state index is -0.260. The number of hydrogen-bond acceptors (Lipinski definition) is 5. The summed E-state index contributed by atoms with van der Waals surface area (Å²) >= 11 is 1.30. The molecule has 0 radical (unpaired) electrons. The highest BCUT2D eigenvalue weighted by atomic mass is 32.2. The van der Waals surface area contributed by atoms with Crippen LogP contribution in [-0.4, -0.2) is 19.7 Å². The molecule has 0 atom stereocenters. The van der Waals surface area contributed by atoms with E-state index in [0.717, 1.165) is 4.90 Å². The van der Waals surface area contributed by atoms with Crippen molar-refractivity contribution in [2.45, 2.75) is 10.1 Å². The Labute approximate surface area is 94.9 Å². The predicted octanol–water partition coefficient (Wildman–Crippen LogP) is 0.526. The highest BCUT2D eigenvalue weighted by Gasteiger charge is 2.06. The monoisotopic (exact) mass is 233 g/mol. The predicted molar refractivity (Wildman–Crippen MR) is 56.9 cm³/mol. The molecule has 0 aromatic carbocycles. The van der Waals surface area contributed by atoms with Crippen LogP contribution in [0.3, 0.4) is 0 Å². The molecule has 16 heavy (non-hydrogen) atoms. The van der Waals surface area contributed by atoms with Crippen LogP contribution in [0.2, 0.25) is 0 Å². The largest absolute Gasteiger partial charge is 0.343 e. The van der Waals surface area contributed by atoms with Crippen molar-refractivity contribution in [2.75, 3.05) is 0 Å². The maximum atomic E-state index is 11.1. The Morgan fingerprint density at radius 3 is 2.88 bits per heavy atom. The number of hydrogen-bond donors (Lipinski definition) is 1. The van der Waals surface area contributed by atoms with Crippen molar-refractivity contribution in [3.8, 4) is 6.07 Å². The Morgan fingerprint density at radius 2 is 2.38 bits per heavy atom. The van der Waals surface area contributed by atoms with Crippen molar-refractivity contribution in [1.82, 2.24) is 19.7 Å². The summed E-state index contributed by atoms with van der Waals surface area (Å²) in [6.07, 6.45) is 1.57. The van der Waals surface area contributed by atoms with Gasteiger partial charge in [-0.25, -0.2) is 14.9 Å². The van der Waals surface area contributed by atoms with Gasteiger partial charge in [0.1, 0.15) is 11.8 Å². The molecule has 0 aliphatic carbocycles. The average molecular weight is 233 g/mol. The summed E-state index contributed by atoms with van der Waals surface area (Å²) in [4.78, 5) is 15.8. The van der Waals surface area contributed by atoms with E-state index in [0.29, 0.717) is 10.9 Å². The lowest BCUT2D eigenvalue weighted by atomic mass is 10.4. The fraction of sp³-hybridized carbons (Fsp3) is 0.111. The van der Waals surface area contributed by atoms with Gasteiger partial charge in [-0.3, -0.25) is 4.57 Å². The number of rotatable bonds is 2. The number of nitriles is 1. The SMILES string of the molecule is Cn1c(Sc2ccc(C#N)nc2)n[nH]c1=O. The Bertz CT molecular complexity index is 592. The molecule has 0 saturated carbocycles. The normalized spacial score (nSPS) is 10.0. The van der Waals surface area contributed by atoms with Gasteiger partial charge in [0, 0.05) is 18.1 Å². The first-order chi connectivity index (χ1) is 7.70. The standard InChI is InChI=1S/C9H7N5OS/c1-14-8(15)12-13-9(14)16-7-3-2-6(4-10)11-5-7/h2-3,5H,1H3,(H,12,15). The van der Waals surface area contributed by atoms with E-state index in [9.17, 15) is 4.79 Å². The van der Waals surface area contributed by atoms with Crippen LogP contribution in [0.4, 0.5) is 0 Å². The van der Waals surface area contributed by atoms with E-state index in [1.165, 1.54) is 16.3 Å². The molecule has 80 valence electrons. The number of H-pyrrole nitrogens is 1. The van der Waals surface area contributed by atoms with Gasteiger partial charge in [-0.2, -0.15) is 5.26 Å². The molecule has 0 aliphatic rings. The highest BCUT2D eigenvalue weighted by Crippen LogP contribution is 2.23. The molecule has 0 fully saturated rings. The van der Waals surface area contributed by atoms with Crippen LogP contribution in [-0.2, 0) is 7.05 Å². The summed E-state index contributed by atoms with van der Waals surface area (Å²) < 4.78 is 1.41. The molecule has 0 saturated heterocycles. The summed E-state index contributed by atoms with van der Waals surface area (Å²) in [6, 6.07) is 5.31. The third-order valence-corrected chi connectivity index (χ3v) is 2.92. The third-order valence-electron chi connectivity index (χ3n) is 1.90. The fourth-order valence-electron chi connectivity index (χ4n) is 1.04. The van der Waals surface area contributed by atoms with Gasteiger partial charge in [0.25, 0.3) is 0 Å². The lowest BCUT2D eigenvalue weighted by molar-refractivity contribution is 0.766. The van der Waals surface area contributed by atoms with Gasteiger partial charge in [0.05, 0.1) is 0 Å². The van der Waals surface area contributed by atoms with Crippen LogP contribution in [0.25, 0.3) is 0 Å². The number of aromatic nitrogens is 4. The van der Waals surface area contributed by atoms with Crippen molar-refractivity contribution < 1.29 is 0 Å². The third kappa shape index (κ3) is 1.97. The number of nitrogens with zero attached hydrogens (tertiary/aromatic N) is 4. The maximum Gasteiger partial charge on any atom is 0.343 e. The van der Waals surface area contributed by atoms with Gasteiger partial charge >= 0.3 is 5.69 Å². The second-order valence-corrected chi connectivity index (χ2v) is 4.00. The molecular weight excluding hydrogens is 226 g/mol. The molecule has 2 aromatic rings. The first kappa shape index (κ1) is 10.4. The lowest BCUT2D eigenvalue weighted by Gasteiger charge is -1.98. The van der Waals surface area contributed by atoms with Crippen LogP contribution in [0, 0.1) is 11.3 Å². The summed E-state index contributed by atoms with van der Waals surface area (Å²) in [5.41, 5.74) is 0.101. The van der Waals surface area contributed by atoms with Crippen LogP contribution in [0.1, 0.15) is 5.69 Å². The van der Waals surface area contributed by atoms with Crippen molar-refractivity contribution in [1.29, 1.82) is 5.26 Å². The summed E-state index contributed by atoms with van der Waals surface area (Å²) in [7, 11) is 1.63. The van der Waals surface area contributed by atoms with E-state index in [-0.39, 0.29) is 5.69 Å². The molecule has 2 heterocycles. The smallest absolute Gasteiger partial charge is 0.273 e. The molecule has 2 rings (SSSR count). The van der Waals surface area contributed by atoms with Gasteiger partial charge in [0.15, 0.2) is 5.16 Å². The van der Waals surface area contributed by atoms with Gasteiger partial charge in [-0.1, -0.05) is 0 Å². The molecule has 0 aliphatic heterocycles. The van der Waals surface area contributed by atoms with Gasteiger partial charge in [0.2, 0.25) is 0 Å². The van der Waals surface area contributed by atoms with Gasteiger partial charge < -0.3 is 0 Å². The highest BCUT2D eigenvalue weighted by molar-refractivity contribution is 7.99. The Balaban J connectivity index is 2.24. The van der Waals surface area contributed by atoms with E-state index >= 15 is 0 Å².